The number of carbonyl (C=O) groups excluding carboxylic acids is 1. The van der Waals surface area contributed by atoms with Crippen LogP contribution in [0.1, 0.15) is 5.56 Å². The highest BCUT2D eigenvalue weighted by atomic mass is 32.2. The van der Waals surface area contributed by atoms with E-state index in [1.165, 1.54) is 28.4 Å². The summed E-state index contributed by atoms with van der Waals surface area (Å²) in [6.45, 7) is 0. The van der Waals surface area contributed by atoms with Crippen LogP contribution in [0.15, 0.2) is 54.2 Å². The molecule has 1 amide bonds. The van der Waals surface area contributed by atoms with E-state index < -0.39 is 10.1 Å². The number of hydrogen-bond acceptors (Lipinski definition) is 7. The Kier molecular flexibility index (Phi) is 5.52. The van der Waals surface area contributed by atoms with Crippen LogP contribution in [-0.4, -0.2) is 37.6 Å². The van der Waals surface area contributed by atoms with Gasteiger partial charge in [0.25, 0.3) is 0 Å². The third-order valence-electron chi connectivity index (χ3n) is 3.63. The van der Waals surface area contributed by atoms with Gasteiger partial charge in [-0.3, -0.25) is 14.7 Å². The van der Waals surface area contributed by atoms with Gasteiger partial charge < -0.3 is 4.18 Å². The number of nitrogens with zero attached hydrogens (tertiary/aromatic N) is 3. The molecule has 27 heavy (non-hydrogen) atoms. The zero-order valence-corrected chi connectivity index (χ0v) is 16.3. The van der Waals surface area contributed by atoms with Gasteiger partial charge in [-0.15, -0.1) is 11.3 Å². The van der Waals surface area contributed by atoms with Crippen LogP contribution in [0.25, 0.3) is 11.3 Å². The maximum atomic E-state index is 12.6. The molecule has 0 spiro atoms. The normalized spacial score (nSPS) is 11.2. The molecule has 0 aliphatic heterocycles. The maximum Gasteiger partial charge on any atom is 0.306 e. The van der Waals surface area contributed by atoms with Crippen LogP contribution >= 0.6 is 11.3 Å². The molecule has 9 heteroatoms. The van der Waals surface area contributed by atoms with Crippen LogP contribution in [0.4, 0.5) is 5.13 Å². The van der Waals surface area contributed by atoms with Crippen LogP contribution < -0.4 is 9.08 Å². The van der Waals surface area contributed by atoms with E-state index in [9.17, 15) is 13.2 Å². The molecule has 0 saturated heterocycles. The van der Waals surface area contributed by atoms with E-state index in [1.54, 1.807) is 31.6 Å². The molecule has 0 radical (unpaired) electrons. The highest BCUT2D eigenvalue weighted by molar-refractivity contribution is 7.86. The van der Waals surface area contributed by atoms with Crippen molar-refractivity contribution in [3.63, 3.8) is 0 Å². The molecule has 0 aliphatic carbocycles. The fourth-order valence-corrected chi connectivity index (χ4v) is 3.63. The zero-order chi connectivity index (χ0) is 19.4. The summed E-state index contributed by atoms with van der Waals surface area (Å²) in [6, 6.07) is 10.2. The Hall–Kier alpha value is -2.78. The summed E-state index contributed by atoms with van der Waals surface area (Å²) >= 11 is 1.37. The monoisotopic (exact) mass is 403 g/mol. The summed E-state index contributed by atoms with van der Waals surface area (Å²) in [5, 5.41) is 2.46. The minimum Gasteiger partial charge on any atom is -0.383 e. The summed E-state index contributed by atoms with van der Waals surface area (Å²) < 4.78 is 27.3. The van der Waals surface area contributed by atoms with Gasteiger partial charge >= 0.3 is 10.1 Å². The van der Waals surface area contributed by atoms with Gasteiger partial charge in [-0.05, 0) is 29.8 Å². The second-order valence-electron chi connectivity index (χ2n) is 5.82. The van der Waals surface area contributed by atoms with Crippen molar-refractivity contribution in [2.24, 2.45) is 0 Å². The number of thiazole rings is 1. The van der Waals surface area contributed by atoms with Gasteiger partial charge in [0, 0.05) is 30.4 Å². The predicted molar refractivity (Wildman–Crippen MR) is 104 cm³/mol. The van der Waals surface area contributed by atoms with Gasteiger partial charge in [-0.25, -0.2) is 4.98 Å². The topological polar surface area (TPSA) is 89.5 Å². The number of rotatable bonds is 6. The summed E-state index contributed by atoms with van der Waals surface area (Å²) in [4.78, 5) is 22.5. The van der Waals surface area contributed by atoms with Crippen molar-refractivity contribution in [1.29, 1.82) is 0 Å². The second kappa shape index (κ2) is 7.85. The number of benzene rings is 1. The van der Waals surface area contributed by atoms with E-state index in [4.69, 9.17) is 4.18 Å². The number of likely N-dealkylation sites (N-methyl/N-ethyl adjacent to an activating group) is 1. The van der Waals surface area contributed by atoms with Crippen molar-refractivity contribution in [3.8, 4) is 17.0 Å². The molecule has 3 rings (SSSR count). The average molecular weight is 403 g/mol. The van der Waals surface area contributed by atoms with Crippen LogP contribution in [-0.2, 0) is 21.3 Å². The Labute approximate surface area is 161 Å². The van der Waals surface area contributed by atoms with E-state index >= 15 is 0 Å². The lowest BCUT2D eigenvalue weighted by molar-refractivity contribution is -0.117. The zero-order valence-electron chi connectivity index (χ0n) is 14.7. The standard InChI is InChI=1S/C18H17N3O4S2/c1-21(18-20-16(12-26-18)14-6-8-19-9-7-14)17(22)11-13-4-3-5-15(10-13)25-27(2,23)24/h3-10,12H,11H2,1-2H3. The first-order valence-electron chi connectivity index (χ1n) is 7.93. The number of pyridine rings is 1. The van der Waals surface area contributed by atoms with Crippen molar-refractivity contribution < 1.29 is 17.4 Å². The van der Waals surface area contributed by atoms with E-state index in [0.717, 1.165) is 17.5 Å². The number of aromatic nitrogens is 2. The van der Waals surface area contributed by atoms with Crippen molar-refractivity contribution in [3.05, 3.63) is 59.7 Å². The SMILES string of the molecule is CN(C(=O)Cc1cccc(OS(C)(=O)=O)c1)c1nc(-c2ccncc2)cs1. The second-order valence-corrected chi connectivity index (χ2v) is 8.23. The lowest BCUT2D eigenvalue weighted by atomic mass is 10.1. The minimum absolute atomic E-state index is 0.0988. The number of carbonyl (C=O) groups is 1. The summed E-state index contributed by atoms with van der Waals surface area (Å²) in [5.74, 6) is 0.0156. The van der Waals surface area contributed by atoms with Crippen molar-refractivity contribution in [1.82, 2.24) is 9.97 Å². The number of hydrogen-bond donors (Lipinski definition) is 0. The first kappa shape index (κ1) is 19.0. The molecule has 1 aromatic carbocycles. The lowest BCUT2D eigenvalue weighted by Gasteiger charge is -2.14. The van der Waals surface area contributed by atoms with Crippen LogP contribution in [0.5, 0.6) is 5.75 Å². The molecular weight excluding hydrogens is 386 g/mol. The Morgan fingerprint density at radius 3 is 2.67 bits per heavy atom. The fraction of sp³-hybridized carbons (Fsp3) is 0.167. The summed E-state index contributed by atoms with van der Waals surface area (Å²) in [7, 11) is -1.95. The molecule has 0 atom stereocenters. The van der Waals surface area contributed by atoms with E-state index in [0.29, 0.717) is 10.7 Å². The number of amides is 1. The van der Waals surface area contributed by atoms with Crippen molar-refractivity contribution in [2.45, 2.75) is 6.42 Å². The van der Waals surface area contributed by atoms with Gasteiger partial charge in [0.1, 0.15) is 5.75 Å². The molecular formula is C18H17N3O4S2. The molecule has 0 saturated carbocycles. The molecule has 140 valence electrons. The first-order valence-corrected chi connectivity index (χ1v) is 10.6. The molecule has 3 aromatic rings. The molecule has 0 aliphatic rings. The third kappa shape index (κ3) is 5.11. The number of anilines is 1. The van der Waals surface area contributed by atoms with Gasteiger partial charge in [-0.1, -0.05) is 12.1 Å². The van der Waals surface area contributed by atoms with Crippen LogP contribution in [0.3, 0.4) is 0 Å². The Bertz CT molecular complexity index is 1050. The van der Waals surface area contributed by atoms with E-state index in [-0.39, 0.29) is 18.1 Å². The molecule has 7 nitrogen and oxygen atoms in total. The highest BCUT2D eigenvalue weighted by Gasteiger charge is 2.16. The molecule has 2 aromatic heterocycles. The van der Waals surface area contributed by atoms with Gasteiger partial charge in [-0.2, -0.15) is 8.42 Å². The first-order chi connectivity index (χ1) is 12.8. The largest absolute Gasteiger partial charge is 0.383 e. The summed E-state index contributed by atoms with van der Waals surface area (Å²) in [5.41, 5.74) is 2.36. The molecule has 0 N–H and O–H groups in total. The quantitative estimate of drug-likeness (QED) is 0.588. The third-order valence-corrected chi connectivity index (χ3v) is 5.04. The lowest BCUT2D eigenvalue weighted by Crippen LogP contribution is -2.27. The van der Waals surface area contributed by atoms with Crippen molar-refractivity contribution >= 4 is 32.5 Å². The predicted octanol–water partition coefficient (Wildman–Crippen LogP) is 2.75. The van der Waals surface area contributed by atoms with E-state index in [1.807, 2.05) is 17.5 Å². The average Bonchev–Trinajstić information content (AvgIpc) is 3.10. The van der Waals surface area contributed by atoms with Crippen LogP contribution in [0.2, 0.25) is 0 Å². The minimum atomic E-state index is -3.61. The Balaban J connectivity index is 1.71. The van der Waals surface area contributed by atoms with Gasteiger partial charge in [0.15, 0.2) is 5.13 Å². The smallest absolute Gasteiger partial charge is 0.306 e. The van der Waals surface area contributed by atoms with E-state index in [2.05, 4.69) is 9.97 Å². The highest BCUT2D eigenvalue weighted by Crippen LogP contribution is 2.27. The molecule has 0 bridgehead atoms. The maximum absolute atomic E-state index is 12.6. The molecule has 2 heterocycles. The fourth-order valence-electron chi connectivity index (χ4n) is 2.36. The Morgan fingerprint density at radius 2 is 1.96 bits per heavy atom. The van der Waals surface area contributed by atoms with Crippen LogP contribution in [0, 0.1) is 0 Å². The van der Waals surface area contributed by atoms with Gasteiger partial charge in [0.05, 0.1) is 18.4 Å². The Morgan fingerprint density at radius 1 is 1.22 bits per heavy atom. The van der Waals surface area contributed by atoms with Crippen molar-refractivity contribution in [2.75, 3.05) is 18.2 Å². The molecule has 0 unspecified atom stereocenters. The molecule has 0 fully saturated rings. The van der Waals surface area contributed by atoms with Gasteiger partial charge in [0.2, 0.25) is 5.91 Å². The summed E-state index contributed by atoms with van der Waals surface area (Å²) in [6.07, 6.45) is 4.45.